The number of rotatable bonds is 4. The van der Waals surface area contributed by atoms with E-state index in [1.807, 2.05) is 0 Å². The Hall–Kier alpha value is -0.820. The van der Waals surface area contributed by atoms with Gasteiger partial charge < -0.3 is 9.47 Å². The summed E-state index contributed by atoms with van der Waals surface area (Å²) in [5.41, 5.74) is 4.97. The number of halogens is 9. The molecule has 0 saturated heterocycles. The molecule has 21 heavy (non-hydrogen) atoms. The van der Waals surface area contributed by atoms with Gasteiger partial charge in [0.2, 0.25) is 0 Å². The zero-order valence-corrected chi connectivity index (χ0v) is 10.4. The average Bonchev–Trinajstić information content (AvgIpc) is 2.30. The van der Waals surface area contributed by atoms with Crippen LogP contribution in [0.1, 0.15) is 0 Å². The third kappa shape index (κ3) is 3.34. The summed E-state index contributed by atoms with van der Waals surface area (Å²) in [4.78, 5) is -0.834. The summed E-state index contributed by atoms with van der Waals surface area (Å²) in [6.07, 6.45) is -7.83. The summed E-state index contributed by atoms with van der Waals surface area (Å²) in [5, 5.41) is -5.77. The van der Waals surface area contributed by atoms with Gasteiger partial charge in [0, 0.05) is 0 Å². The molecule has 2 N–H and O–H groups in total. The monoisotopic (exact) mass is 351 g/mol. The van der Waals surface area contributed by atoms with Gasteiger partial charge in [-0.25, -0.2) is 0 Å². The number of hydrogen-bond donors (Lipinski definition) is 1. The fourth-order valence-electron chi connectivity index (χ4n) is 1.02. The summed E-state index contributed by atoms with van der Waals surface area (Å²) in [6.45, 7) is -0.810. The van der Waals surface area contributed by atoms with Crippen molar-refractivity contribution in [1.29, 1.82) is 0 Å². The van der Waals surface area contributed by atoms with Gasteiger partial charge in [0.25, 0.3) is 6.41 Å². The van der Waals surface area contributed by atoms with E-state index in [2.05, 4.69) is 9.47 Å². The van der Waals surface area contributed by atoms with Gasteiger partial charge in [-0.2, -0.15) is 39.5 Å². The Labute approximate surface area is 115 Å². The second-order valence-electron chi connectivity index (χ2n) is 3.67. The van der Waals surface area contributed by atoms with Crippen molar-refractivity contribution in [3.05, 3.63) is 11.2 Å². The minimum absolute atomic E-state index is 0.411. The molecular weight excluding hydrogens is 345 g/mol. The second-order valence-corrected chi connectivity index (χ2v) is 4.91. The fraction of sp³-hybridized carbons (Fsp3) is 0.750. The Bertz CT molecular complexity index is 422. The topological polar surface area (TPSA) is 44.5 Å². The first kappa shape index (κ1) is 18.2. The van der Waals surface area contributed by atoms with Crippen molar-refractivity contribution >= 4 is 11.8 Å². The van der Waals surface area contributed by atoms with E-state index in [1.165, 1.54) is 0 Å². The molecule has 124 valence electrons. The Morgan fingerprint density at radius 1 is 1.00 bits per heavy atom. The molecule has 0 bridgehead atoms. The molecule has 1 heterocycles. The molecule has 1 aliphatic rings. The molecule has 0 aromatic rings. The highest BCUT2D eigenvalue weighted by Gasteiger charge is 2.82. The van der Waals surface area contributed by atoms with Crippen LogP contribution in [-0.4, -0.2) is 36.3 Å². The summed E-state index contributed by atoms with van der Waals surface area (Å²) in [5.74, 6) is -13.6. The van der Waals surface area contributed by atoms with Crippen LogP contribution in [0.25, 0.3) is 0 Å². The Morgan fingerprint density at radius 3 is 1.90 bits per heavy atom. The molecule has 0 radical (unpaired) electrons. The molecule has 0 saturated carbocycles. The highest BCUT2D eigenvalue weighted by atomic mass is 32.2. The first-order valence-electron chi connectivity index (χ1n) is 4.83. The van der Waals surface area contributed by atoms with Crippen LogP contribution < -0.4 is 5.73 Å². The fourth-order valence-corrected chi connectivity index (χ4v) is 1.84. The molecular formula is C8H6F9NO2S. The molecule has 1 atom stereocenters. The highest BCUT2D eigenvalue weighted by molar-refractivity contribution is 8.04. The van der Waals surface area contributed by atoms with E-state index < -0.39 is 53.0 Å². The van der Waals surface area contributed by atoms with Crippen molar-refractivity contribution in [3.8, 4) is 0 Å². The van der Waals surface area contributed by atoms with E-state index in [0.717, 1.165) is 0 Å². The van der Waals surface area contributed by atoms with Crippen LogP contribution in [0, 0.1) is 0 Å². The number of ether oxygens (including phenoxy) is 2. The van der Waals surface area contributed by atoms with E-state index in [1.54, 1.807) is 0 Å². The number of hydrogen-bond acceptors (Lipinski definition) is 4. The maximum absolute atomic E-state index is 13.2. The van der Waals surface area contributed by atoms with Crippen LogP contribution in [-0.2, 0) is 9.47 Å². The average molecular weight is 351 g/mol. The zero-order valence-electron chi connectivity index (χ0n) is 9.57. The quantitative estimate of drug-likeness (QED) is 0.790. The number of nitrogens with two attached hydrogens (primary N) is 1. The normalized spacial score (nSPS) is 21.8. The van der Waals surface area contributed by atoms with Gasteiger partial charge in [-0.15, -0.1) is 0 Å². The molecule has 1 aliphatic heterocycles. The lowest BCUT2D eigenvalue weighted by atomic mass is 10.1. The molecule has 0 amide bonds. The van der Waals surface area contributed by atoms with Gasteiger partial charge in [0.15, 0.2) is 0 Å². The van der Waals surface area contributed by atoms with Gasteiger partial charge in [-0.3, -0.25) is 5.73 Å². The lowest BCUT2D eigenvalue weighted by Gasteiger charge is -2.33. The summed E-state index contributed by atoms with van der Waals surface area (Å²) in [7, 11) is 0. The van der Waals surface area contributed by atoms with Crippen LogP contribution in [0.15, 0.2) is 11.2 Å². The second kappa shape index (κ2) is 5.43. The Morgan fingerprint density at radius 2 is 1.52 bits per heavy atom. The van der Waals surface area contributed by atoms with Crippen LogP contribution in [0.3, 0.4) is 0 Å². The first-order chi connectivity index (χ1) is 9.22. The highest BCUT2D eigenvalue weighted by Crippen LogP contribution is 2.57. The predicted octanol–water partition coefficient (Wildman–Crippen LogP) is 3.28. The van der Waals surface area contributed by atoms with Gasteiger partial charge in [-0.05, 0) is 11.8 Å². The summed E-state index contributed by atoms with van der Waals surface area (Å²) in [6, 6.07) is 0. The molecule has 1 rings (SSSR count). The molecule has 0 aromatic carbocycles. The predicted molar refractivity (Wildman–Crippen MR) is 51.6 cm³/mol. The Kier molecular flexibility index (Phi) is 4.71. The SMILES string of the molecule is NC1OC=C(SC(F)(F)C(F)(F)C(F)(F)C(F)(F)F)CO1. The van der Waals surface area contributed by atoms with E-state index in [-0.39, 0.29) is 0 Å². The lowest BCUT2D eigenvalue weighted by molar-refractivity contribution is -0.381. The van der Waals surface area contributed by atoms with Crippen LogP contribution in [0.5, 0.6) is 0 Å². The van der Waals surface area contributed by atoms with E-state index in [4.69, 9.17) is 5.73 Å². The molecule has 0 fully saturated rings. The Balaban J connectivity index is 3.00. The molecule has 0 aliphatic carbocycles. The molecule has 0 aromatic heterocycles. The third-order valence-electron chi connectivity index (χ3n) is 2.10. The van der Waals surface area contributed by atoms with Crippen molar-refractivity contribution in [2.75, 3.05) is 6.61 Å². The minimum Gasteiger partial charge on any atom is -0.458 e. The number of alkyl halides is 9. The first-order valence-corrected chi connectivity index (χ1v) is 5.65. The van der Waals surface area contributed by atoms with Crippen molar-refractivity contribution < 1.29 is 49.0 Å². The van der Waals surface area contributed by atoms with Crippen LogP contribution in [0.2, 0.25) is 0 Å². The minimum atomic E-state index is -6.93. The maximum Gasteiger partial charge on any atom is 0.460 e. The van der Waals surface area contributed by atoms with Gasteiger partial charge in [0.05, 0.1) is 11.5 Å². The van der Waals surface area contributed by atoms with Crippen molar-refractivity contribution in [2.24, 2.45) is 5.73 Å². The van der Waals surface area contributed by atoms with E-state index >= 15 is 0 Å². The molecule has 13 heteroatoms. The van der Waals surface area contributed by atoms with Gasteiger partial charge in [-0.1, -0.05) is 0 Å². The van der Waals surface area contributed by atoms with Crippen molar-refractivity contribution in [2.45, 2.75) is 29.7 Å². The standard InChI is InChI=1S/C8H6F9NO2S/c9-5(10,7(13,14)15)6(11,12)8(16,17)21-3-1-19-4(18)20-2-3/h1,4H,2,18H2. The van der Waals surface area contributed by atoms with Gasteiger partial charge in [0.1, 0.15) is 6.26 Å². The van der Waals surface area contributed by atoms with E-state index in [9.17, 15) is 39.5 Å². The van der Waals surface area contributed by atoms with E-state index in [0.29, 0.717) is 6.26 Å². The van der Waals surface area contributed by atoms with Crippen molar-refractivity contribution in [3.63, 3.8) is 0 Å². The summed E-state index contributed by atoms with van der Waals surface area (Å²) >= 11 is -1.23. The third-order valence-corrected chi connectivity index (χ3v) is 3.09. The van der Waals surface area contributed by atoms with Gasteiger partial charge >= 0.3 is 23.3 Å². The van der Waals surface area contributed by atoms with Crippen LogP contribution in [0.4, 0.5) is 39.5 Å². The number of thioether (sulfide) groups is 1. The zero-order chi connectivity index (χ0) is 16.7. The molecule has 0 spiro atoms. The molecule has 1 unspecified atom stereocenters. The van der Waals surface area contributed by atoms with Crippen molar-refractivity contribution in [1.82, 2.24) is 0 Å². The van der Waals surface area contributed by atoms with Crippen LogP contribution >= 0.6 is 11.8 Å². The lowest BCUT2D eigenvalue weighted by Crippen LogP contribution is -2.59. The maximum atomic E-state index is 13.2. The smallest absolute Gasteiger partial charge is 0.458 e. The summed E-state index contributed by atoms with van der Waals surface area (Å²) < 4.78 is 121. The largest absolute Gasteiger partial charge is 0.460 e. The molecule has 3 nitrogen and oxygen atoms in total.